The molecule has 6 heteroatoms. The van der Waals surface area contributed by atoms with E-state index in [9.17, 15) is 9.18 Å². The number of ether oxygens (including phenoxy) is 1. The minimum Gasteiger partial charge on any atom is -0.378 e. The molecule has 1 saturated heterocycles. The van der Waals surface area contributed by atoms with E-state index in [1.165, 1.54) is 23.4 Å². The van der Waals surface area contributed by atoms with Gasteiger partial charge >= 0.3 is 0 Å². The van der Waals surface area contributed by atoms with Gasteiger partial charge in [0.25, 0.3) is 0 Å². The maximum Gasteiger partial charge on any atom is 0.241 e. The second-order valence-corrected chi connectivity index (χ2v) is 6.82. The standard InChI is InChI=1S/C21H26FN3O2/c1-16(21(26)23-19-8-5-7-18(22)14-19)24(2)15-17-6-3-4-9-20(17)25-10-12-27-13-11-25/h3-9,14,16H,10-13,15H2,1-2H3,(H,23,26)/t16-/m0/s1. The molecule has 2 aromatic carbocycles. The fraction of sp³-hybridized carbons (Fsp3) is 0.381. The van der Waals surface area contributed by atoms with E-state index in [1.807, 2.05) is 31.0 Å². The zero-order chi connectivity index (χ0) is 19.2. The fourth-order valence-corrected chi connectivity index (χ4v) is 3.18. The van der Waals surface area contributed by atoms with Gasteiger partial charge in [0.1, 0.15) is 5.82 Å². The lowest BCUT2D eigenvalue weighted by atomic mass is 10.1. The fourth-order valence-electron chi connectivity index (χ4n) is 3.18. The molecular weight excluding hydrogens is 345 g/mol. The van der Waals surface area contributed by atoms with E-state index in [1.54, 1.807) is 12.1 Å². The van der Waals surface area contributed by atoms with Gasteiger partial charge in [-0.05, 0) is 43.8 Å². The van der Waals surface area contributed by atoms with Crippen LogP contribution in [0, 0.1) is 5.82 Å². The van der Waals surface area contributed by atoms with Gasteiger partial charge in [-0.1, -0.05) is 24.3 Å². The number of para-hydroxylation sites is 1. The minimum absolute atomic E-state index is 0.160. The van der Waals surface area contributed by atoms with Crippen molar-refractivity contribution in [1.29, 1.82) is 0 Å². The third-order valence-electron chi connectivity index (χ3n) is 4.90. The Hall–Kier alpha value is -2.44. The summed E-state index contributed by atoms with van der Waals surface area (Å²) in [5, 5.41) is 2.78. The summed E-state index contributed by atoms with van der Waals surface area (Å²) < 4.78 is 18.8. The quantitative estimate of drug-likeness (QED) is 0.847. The number of carbonyl (C=O) groups is 1. The Morgan fingerprint density at radius 1 is 1.22 bits per heavy atom. The average Bonchev–Trinajstić information content (AvgIpc) is 2.68. The highest BCUT2D eigenvalue weighted by Crippen LogP contribution is 2.23. The molecule has 0 saturated carbocycles. The molecule has 1 aliphatic heterocycles. The molecule has 0 aromatic heterocycles. The first-order chi connectivity index (χ1) is 13.0. The highest BCUT2D eigenvalue weighted by molar-refractivity contribution is 5.94. The highest BCUT2D eigenvalue weighted by Gasteiger charge is 2.21. The molecule has 5 nitrogen and oxygen atoms in total. The Bertz CT molecular complexity index is 778. The first-order valence-electron chi connectivity index (χ1n) is 9.22. The van der Waals surface area contributed by atoms with Crippen molar-refractivity contribution in [2.24, 2.45) is 0 Å². The summed E-state index contributed by atoms with van der Waals surface area (Å²) in [4.78, 5) is 16.9. The molecule has 3 rings (SSSR count). The lowest BCUT2D eigenvalue weighted by molar-refractivity contribution is -0.120. The largest absolute Gasteiger partial charge is 0.378 e. The van der Waals surface area contributed by atoms with E-state index in [-0.39, 0.29) is 17.8 Å². The first kappa shape index (κ1) is 19.3. The van der Waals surface area contributed by atoms with Crippen LogP contribution in [0.4, 0.5) is 15.8 Å². The number of hydrogen-bond acceptors (Lipinski definition) is 4. The second kappa shape index (κ2) is 8.97. The van der Waals surface area contributed by atoms with E-state index in [4.69, 9.17) is 4.74 Å². The minimum atomic E-state index is -0.367. The third-order valence-corrected chi connectivity index (χ3v) is 4.90. The molecule has 1 N–H and O–H groups in total. The van der Waals surface area contributed by atoms with Crippen LogP contribution in [0.3, 0.4) is 0 Å². The number of carbonyl (C=O) groups excluding carboxylic acids is 1. The van der Waals surface area contributed by atoms with Crippen LogP contribution < -0.4 is 10.2 Å². The van der Waals surface area contributed by atoms with Gasteiger partial charge in [-0.15, -0.1) is 0 Å². The van der Waals surface area contributed by atoms with Gasteiger partial charge in [0, 0.05) is 31.0 Å². The summed E-state index contributed by atoms with van der Waals surface area (Å²) in [6.07, 6.45) is 0. The molecule has 0 spiro atoms. The molecule has 0 bridgehead atoms. The van der Waals surface area contributed by atoms with Crippen molar-refractivity contribution in [3.05, 3.63) is 59.9 Å². The lowest BCUT2D eigenvalue weighted by Crippen LogP contribution is -2.40. The molecular formula is C21H26FN3O2. The van der Waals surface area contributed by atoms with Crippen molar-refractivity contribution >= 4 is 17.3 Å². The van der Waals surface area contributed by atoms with Crippen LogP contribution in [-0.4, -0.2) is 50.2 Å². The summed E-state index contributed by atoms with van der Waals surface area (Å²) in [5.41, 5.74) is 2.83. The second-order valence-electron chi connectivity index (χ2n) is 6.82. The van der Waals surface area contributed by atoms with E-state index in [2.05, 4.69) is 22.3 Å². The van der Waals surface area contributed by atoms with Crippen LogP contribution in [0.2, 0.25) is 0 Å². The Morgan fingerprint density at radius 2 is 1.96 bits per heavy atom. The number of halogens is 1. The Kier molecular flexibility index (Phi) is 6.42. The lowest BCUT2D eigenvalue weighted by Gasteiger charge is -2.32. The van der Waals surface area contributed by atoms with Crippen molar-refractivity contribution in [2.75, 3.05) is 43.6 Å². The van der Waals surface area contributed by atoms with Crippen LogP contribution in [0.1, 0.15) is 12.5 Å². The van der Waals surface area contributed by atoms with Gasteiger partial charge in [0.15, 0.2) is 0 Å². The number of nitrogens with zero attached hydrogens (tertiary/aromatic N) is 2. The van der Waals surface area contributed by atoms with E-state index >= 15 is 0 Å². The summed E-state index contributed by atoms with van der Waals surface area (Å²) in [6.45, 7) is 5.71. The highest BCUT2D eigenvalue weighted by atomic mass is 19.1. The van der Waals surface area contributed by atoms with Crippen LogP contribution in [0.15, 0.2) is 48.5 Å². The number of likely N-dealkylation sites (N-methyl/N-ethyl adjacent to an activating group) is 1. The number of nitrogens with one attached hydrogen (secondary N) is 1. The molecule has 27 heavy (non-hydrogen) atoms. The smallest absolute Gasteiger partial charge is 0.241 e. The molecule has 0 radical (unpaired) electrons. The summed E-state index contributed by atoms with van der Waals surface area (Å²) >= 11 is 0. The molecule has 1 fully saturated rings. The molecule has 1 heterocycles. The number of rotatable bonds is 6. The van der Waals surface area contributed by atoms with Crippen LogP contribution >= 0.6 is 0 Å². The normalized spacial score (nSPS) is 15.6. The topological polar surface area (TPSA) is 44.8 Å². The van der Waals surface area contributed by atoms with Gasteiger partial charge in [0.2, 0.25) is 5.91 Å². The Labute approximate surface area is 159 Å². The van der Waals surface area contributed by atoms with Gasteiger partial charge < -0.3 is 15.0 Å². The monoisotopic (exact) mass is 371 g/mol. The Morgan fingerprint density at radius 3 is 2.70 bits per heavy atom. The van der Waals surface area contributed by atoms with Crippen LogP contribution in [0.25, 0.3) is 0 Å². The zero-order valence-corrected chi connectivity index (χ0v) is 15.8. The van der Waals surface area contributed by atoms with Crippen molar-refractivity contribution in [3.8, 4) is 0 Å². The average molecular weight is 371 g/mol. The number of benzene rings is 2. The van der Waals surface area contributed by atoms with Gasteiger partial charge in [-0.3, -0.25) is 9.69 Å². The summed E-state index contributed by atoms with van der Waals surface area (Å²) in [7, 11) is 1.92. The Balaban J connectivity index is 1.65. The van der Waals surface area contributed by atoms with Gasteiger partial charge in [-0.2, -0.15) is 0 Å². The maximum absolute atomic E-state index is 13.3. The van der Waals surface area contributed by atoms with Crippen molar-refractivity contribution in [1.82, 2.24) is 4.90 Å². The predicted octanol–water partition coefficient (Wildman–Crippen LogP) is 3.12. The van der Waals surface area contributed by atoms with Crippen molar-refractivity contribution < 1.29 is 13.9 Å². The van der Waals surface area contributed by atoms with Crippen LogP contribution in [0.5, 0.6) is 0 Å². The van der Waals surface area contributed by atoms with E-state index < -0.39 is 0 Å². The first-order valence-corrected chi connectivity index (χ1v) is 9.22. The number of hydrogen-bond donors (Lipinski definition) is 1. The predicted molar refractivity (Wildman–Crippen MR) is 105 cm³/mol. The molecule has 0 aliphatic carbocycles. The van der Waals surface area contributed by atoms with Crippen LogP contribution in [-0.2, 0) is 16.1 Å². The van der Waals surface area contributed by atoms with Crippen molar-refractivity contribution in [3.63, 3.8) is 0 Å². The molecule has 1 atom stereocenters. The third kappa shape index (κ3) is 5.05. The number of morpholine rings is 1. The van der Waals surface area contributed by atoms with E-state index in [0.717, 1.165) is 26.3 Å². The molecule has 2 aromatic rings. The number of anilines is 2. The summed E-state index contributed by atoms with van der Waals surface area (Å²) in [6, 6.07) is 13.8. The van der Waals surface area contributed by atoms with Gasteiger partial charge in [-0.25, -0.2) is 4.39 Å². The summed E-state index contributed by atoms with van der Waals surface area (Å²) in [5.74, 6) is -0.528. The van der Waals surface area contributed by atoms with Gasteiger partial charge in [0.05, 0.1) is 19.3 Å². The van der Waals surface area contributed by atoms with E-state index in [0.29, 0.717) is 12.2 Å². The SMILES string of the molecule is C[C@@H](C(=O)Nc1cccc(F)c1)N(C)Cc1ccccc1N1CCOCC1. The molecule has 1 aliphatic rings. The molecule has 1 amide bonds. The maximum atomic E-state index is 13.3. The molecule has 144 valence electrons. The molecule has 0 unspecified atom stereocenters. The van der Waals surface area contributed by atoms with Crippen molar-refractivity contribution in [2.45, 2.75) is 19.5 Å². The number of amides is 1. The zero-order valence-electron chi connectivity index (χ0n) is 15.8.